The van der Waals surface area contributed by atoms with E-state index in [1.807, 2.05) is 55.5 Å². The van der Waals surface area contributed by atoms with Gasteiger partial charge in [0.05, 0.1) is 6.04 Å². The second-order valence-electron chi connectivity index (χ2n) is 5.82. The van der Waals surface area contributed by atoms with Gasteiger partial charge in [-0.3, -0.25) is 4.79 Å². The Morgan fingerprint density at radius 2 is 1.74 bits per heavy atom. The van der Waals surface area contributed by atoms with E-state index < -0.39 is 0 Å². The maximum Gasteiger partial charge on any atom is 0.258 e. The van der Waals surface area contributed by atoms with Crippen LogP contribution in [0, 0.1) is 0 Å². The summed E-state index contributed by atoms with van der Waals surface area (Å²) in [6.07, 6.45) is 0. The molecular formula is C19H22BrNO2. The van der Waals surface area contributed by atoms with Crippen molar-refractivity contribution in [2.75, 3.05) is 6.61 Å². The van der Waals surface area contributed by atoms with E-state index in [4.69, 9.17) is 4.74 Å². The Balaban J connectivity index is 1.91. The van der Waals surface area contributed by atoms with Crippen molar-refractivity contribution in [3.8, 4) is 5.75 Å². The van der Waals surface area contributed by atoms with E-state index in [2.05, 4.69) is 35.1 Å². The molecule has 0 bridgehead atoms. The van der Waals surface area contributed by atoms with Crippen LogP contribution in [-0.4, -0.2) is 12.5 Å². The minimum atomic E-state index is -0.126. The first kappa shape index (κ1) is 17.5. The maximum atomic E-state index is 12.1. The molecule has 0 heterocycles. The van der Waals surface area contributed by atoms with E-state index in [-0.39, 0.29) is 18.6 Å². The molecule has 122 valence electrons. The molecule has 1 amide bonds. The molecule has 1 N–H and O–H groups in total. The minimum Gasteiger partial charge on any atom is -0.483 e. The van der Waals surface area contributed by atoms with Crippen LogP contribution in [0.3, 0.4) is 0 Å². The van der Waals surface area contributed by atoms with Gasteiger partial charge < -0.3 is 10.1 Å². The Hall–Kier alpha value is -1.81. The second kappa shape index (κ2) is 8.16. The van der Waals surface area contributed by atoms with Gasteiger partial charge in [0.15, 0.2) is 6.61 Å². The summed E-state index contributed by atoms with van der Waals surface area (Å²) in [7, 11) is 0. The van der Waals surface area contributed by atoms with Gasteiger partial charge in [0.25, 0.3) is 5.91 Å². The van der Waals surface area contributed by atoms with Gasteiger partial charge in [-0.15, -0.1) is 0 Å². The van der Waals surface area contributed by atoms with Gasteiger partial charge in [-0.05, 0) is 42.2 Å². The highest BCUT2D eigenvalue weighted by atomic mass is 79.9. The van der Waals surface area contributed by atoms with Crippen LogP contribution in [0.2, 0.25) is 0 Å². The number of hydrogen-bond donors (Lipinski definition) is 1. The molecule has 0 saturated heterocycles. The summed E-state index contributed by atoms with van der Waals surface area (Å²) in [4.78, 5) is 12.1. The average molecular weight is 376 g/mol. The number of carbonyl (C=O) groups excluding carboxylic acids is 1. The molecule has 23 heavy (non-hydrogen) atoms. The van der Waals surface area contributed by atoms with Crippen molar-refractivity contribution >= 4 is 21.8 Å². The first-order valence-electron chi connectivity index (χ1n) is 7.74. The fourth-order valence-electron chi connectivity index (χ4n) is 2.35. The normalized spacial score (nSPS) is 12.0. The van der Waals surface area contributed by atoms with Crippen LogP contribution < -0.4 is 10.1 Å². The highest BCUT2D eigenvalue weighted by Crippen LogP contribution is 2.25. The first-order valence-corrected chi connectivity index (χ1v) is 8.53. The third kappa shape index (κ3) is 5.10. The van der Waals surface area contributed by atoms with Crippen LogP contribution in [0.15, 0.2) is 53.0 Å². The fraction of sp³-hybridized carbons (Fsp3) is 0.316. The number of hydrogen-bond acceptors (Lipinski definition) is 2. The lowest BCUT2D eigenvalue weighted by Gasteiger charge is -2.16. The number of nitrogens with one attached hydrogen (secondary N) is 1. The smallest absolute Gasteiger partial charge is 0.258 e. The number of halogens is 1. The van der Waals surface area contributed by atoms with Crippen molar-refractivity contribution in [2.45, 2.75) is 32.7 Å². The molecule has 0 radical (unpaired) electrons. The molecule has 0 saturated carbocycles. The van der Waals surface area contributed by atoms with Crippen LogP contribution in [0.5, 0.6) is 5.75 Å². The van der Waals surface area contributed by atoms with Crippen LogP contribution in [-0.2, 0) is 4.79 Å². The molecule has 2 aromatic rings. The predicted octanol–water partition coefficient (Wildman–Crippen LogP) is 4.83. The van der Waals surface area contributed by atoms with Crippen molar-refractivity contribution in [1.29, 1.82) is 0 Å². The Morgan fingerprint density at radius 1 is 1.09 bits per heavy atom. The van der Waals surface area contributed by atoms with Gasteiger partial charge >= 0.3 is 0 Å². The van der Waals surface area contributed by atoms with Gasteiger partial charge in [0, 0.05) is 4.47 Å². The van der Waals surface area contributed by atoms with Gasteiger partial charge in [-0.1, -0.05) is 60.1 Å². The molecule has 0 spiro atoms. The zero-order valence-corrected chi connectivity index (χ0v) is 15.3. The summed E-state index contributed by atoms with van der Waals surface area (Å²) >= 11 is 3.41. The predicted molar refractivity (Wildman–Crippen MR) is 96.7 cm³/mol. The van der Waals surface area contributed by atoms with Crippen molar-refractivity contribution in [2.24, 2.45) is 0 Å². The van der Waals surface area contributed by atoms with Crippen molar-refractivity contribution < 1.29 is 9.53 Å². The third-order valence-electron chi connectivity index (χ3n) is 3.65. The van der Waals surface area contributed by atoms with E-state index >= 15 is 0 Å². The summed E-state index contributed by atoms with van der Waals surface area (Å²) in [6.45, 7) is 6.20. The molecular weight excluding hydrogens is 354 g/mol. The zero-order valence-electron chi connectivity index (χ0n) is 13.7. The van der Waals surface area contributed by atoms with Crippen LogP contribution in [0.4, 0.5) is 0 Å². The fourth-order valence-corrected chi connectivity index (χ4v) is 2.61. The molecule has 2 aromatic carbocycles. The summed E-state index contributed by atoms with van der Waals surface area (Å²) in [5, 5.41) is 2.96. The number of carbonyl (C=O) groups is 1. The number of ether oxygens (including phenoxy) is 1. The van der Waals surface area contributed by atoms with Crippen molar-refractivity contribution in [1.82, 2.24) is 5.32 Å². The molecule has 0 fully saturated rings. The maximum absolute atomic E-state index is 12.1. The summed E-state index contributed by atoms with van der Waals surface area (Å²) in [5.41, 5.74) is 2.17. The third-order valence-corrected chi connectivity index (χ3v) is 4.18. The number of amides is 1. The standard InChI is InChI=1S/C19H22BrNO2/c1-13(2)17-6-4-5-7-18(17)23-12-19(22)21-14(3)15-8-10-16(20)11-9-15/h4-11,13-14H,12H2,1-3H3,(H,21,22)/t14-/m0/s1. The van der Waals surface area contributed by atoms with Gasteiger partial charge in [0.1, 0.15) is 5.75 Å². The highest BCUT2D eigenvalue weighted by Gasteiger charge is 2.12. The topological polar surface area (TPSA) is 38.3 Å². The summed E-state index contributed by atoms with van der Waals surface area (Å²) in [5.74, 6) is 1.00. The number of para-hydroxylation sites is 1. The van der Waals surface area contributed by atoms with Gasteiger partial charge in [-0.25, -0.2) is 0 Å². The monoisotopic (exact) mass is 375 g/mol. The Morgan fingerprint density at radius 3 is 2.39 bits per heavy atom. The van der Waals surface area contributed by atoms with Crippen molar-refractivity contribution in [3.63, 3.8) is 0 Å². The Bertz CT molecular complexity index is 653. The first-order chi connectivity index (χ1) is 11.0. The molecule has 0 aliphatic rings. The van der Waals surface area contributed by atoms with Gasteiger partial charge in [0.2, 0.25) is 0 Å². The zero-order chi connectivity index (χ0) is 16.8. The van der Waals surface area contributed by atoms with E-state index in [0.717, 1.165) is 21.3 Å². The van der Waals surface area contributed by atoms with Gasteiger partial charge in [-0.2, -0.15) is 0 Å². The molecule has 0 aromatic heterocycles. The average Bonchev–Trinajstić information content (AvgIpc) is 2.53. The van der Waals surface area contributed by atoms with E-state index in [0.29, 0.717) is 5.92 Å². The lowest BCUT2D eigenvalue weighted by Crippen LogP contribution is -2.31. The molecule has 0 aliphatic heterocycles. The quantitative estimate of drug-likeness (QED) is 0.784. The van der Waals surface area contributed by atoms with E-state index in [1.165, 1.54) is 0 Å². The number of rotatable bonds is 6. The minimum absolute atomic E-state index is 0.0185. The Kier molecular flexibility index (Phi) is 6.22. The lowest BCUT2D eigenvalue weighted by atomic mass is 10.0. The Labute approximate surface area is 146 Å². The lowest BCUT2D eigenvalue weighted by molar-refractivity contribution is -0.123. The summed E-state index contributed by atoms with van der Waals surface area (Å²) in [6, 6.07) is 15.7. The molecule has 0 aliphatic carbocycles. The molecule has 1 atom stereocenters. The summed E-state index contributed by atoms with van der Waals surface area (Å²) < 4.78 is 6.72. The van der Waals surface area contributed by atoms with Crippen LogP contribution in [0.25, 0.3) is 0 Å². The molecule has 4 heteroatoms. The van der Waals surface area contributed by atoms with E-state index in [9.17, 15) is 4.79 Å². The largest absolute Gasteiger partial charge is 0.483 e. The highest BCUT2D eigenvalue weighted by molar-refractivity contribution is 9.10. The molecule has 0 unspecified atom stereocenters. The van der Waals surface area contributed by atoms with Crippen LogP contribution >= 0.6 is 15.9 Å². The molecule has 2 rings (SSSR count). The SMILES string of the molecule is CC(C)c1ccccc1OCC(=O)N[C@@H](C)c1ccc(Br)cc1. The van der Waals surface area contributed by atoms with Crippen molar-refractivity contribution in [3.05, 3.63) is 64.1 Å². The van der Waals surface area contributed by atoms with E-state index in [1.54, 1.807) is 0 Å². The number of benzene rings is 2. The van der Waals surface area contributed by atoms with Crippen LogP contribution in [0.1, 0.15) is 43.9 Å². The second-order valence-corrected chi connectivity index (χ2v) is 6.74. The molecule has 3 nitrogen and oxygen atoms in total.